The van der Waals surface area contributed by atoms with Gasteiger partial charge in [-0.3, -0.25) is 14.6 Å². The third-order valence-electron chi connectivity index (χ3n) is 9.90. The molecular weight excluding hydrogens is 578 g/mol. The van der Waals surface area contributed by atoms with Gasteiger partial charge in [-0.2, -0.15) is 9.97 Å². The summed E-state index contributed by atoms with van der Waals surface area (Å²) >= 11 is 0. The van der Waals surface area contributed by atoms with E-state index >= 15 is 0 Å². The molecule has 2 aromatic carbocycles. The Morgan fingerprint density at radius 3 is 2.22 bits per heavy atom. The van der Waals surface area contributed by atoms with Gasteiger partial charge in [-0.1, -0.05) is 60.7 Å². The molecule has 1 amide bonds. The molecule has 46 heavy (non-hydrogen) atoms. The Balaban J connectivity index is 1.24. The van der Waals surface area contributed by atoms with E-state index in [9.17, 15) is 4.79 Å². The first kappa shape index (κ1) is 31.1. The molecule has 1 aliphatic carbocycles. The quantitative estimate of drug-likeness (QED) is 0.316. The fourth-order valence-electron chi connectivity index (χ4n) is 7.60. The van der Waals surface area contributed by atoms with Gasteiger partial charge in [0.1, 0.15) is 11.9 Å². The maximum Gasteiger partial charge on any atom is 0.251 e. The van der Waals surface area contributed by atoms with Gasteiger partial charge in [0.25, 0.3) is 5.91 Å². The van der Waals surface area contributed by atoms with Gasteiger partial charge < -0.3 is 19.1 Å². The Kier molecular flexibility index (Phi) is 9.24. The van der Waals surface area contributed by atoms with E-state index in [2.05, 4.69) is 75.4 Å². The Labute approximate surface area is 272 Å². The van der Waals surface area contributed by atoms with Crippen molar-refractivity contribution < 1.29 is 19.0 Å². The van der Waals surface area contributed by atoms with Gasteiger partial charge in [0.15, 0.2) is 0 Å². The van der Waals surface area contributed by atoms with Crippen LogP contribution >= 0.6 is 0 Å². The molecule has 0 N–H and O–H groups in total. The van der Waals surface area contributed by atoms with Crippen LogP contribution in [-0.4, -0.2) is 101 Å². The predicted molar refractivity (Wildman–Crippen MR) is 176 cm³/mol. The molecule has 4 heterocycles. The lowest BCUT2D eigenvalue weighted by molar-refractivity contribution is -0.146. The normalized spacial score (nSPS) is 23.9. The van der Waals surface area contributed by atoms with Crippen molar-refractivity contribution in [1.29, 1.82) is 0 Å². The lowest BCUT2D eigenvalue weighted by atomic mass is 9.81. The fourth-order valence-corrected chi connectivity index (χ4v) is 7.60. The maximum absolute atomic E-state index is 13.5. The summed E-state index contributed by atoms with van der Waals surface area (Å²) in [5.41, 5.74) is 3.50. The van der Waals surface area contributed by atoms with Gasteiger partial charge >= 0.3 is 0 Å². The van der Waals surface area contributed by atoms with Crippen LogP contribution in [0, 0.1) is 0 Å². The van der Waals surface area contributed by atoms with Crippen molar-refractivity contribution in [3.05, 3.63) is 83.2 Å². The number of methoxy groups -OCH3 is 1. The molecule has 3 aliphatic heterocycles. The highest BCUT2D eigenvalue weighted by molar-refractivity contribution is 5.81. The monoisotopic (exact) mass is 625 g/mol. The van der Waals surface area contributed by atoms with Crippen LogP contribution in [0.5, 0.6) is 11.8 Å². The van der Waals surface area contributed by atoms with Crippen LogP contribution in [0.3, 0.4) is 0 Å². The van der Waals surface area contributed by atoms with Gasteiger partial charge in [0, 0.05) is 69.8 Å². The summed E-state index contributed by atoms with van der Waals surface area (Å²) in [7, 11) is 1.69. The minimum Gasteiger partial charge on any atom is -0.481 e. The molecule has 0 radical (unpaired) electrons. The van der Waals surface area contributed by atoms with E-state index in [0.29, 0.717) is 37.4 Å². The Morgan fingerprint density at radius 2 is 1.61 bits per heavy atom. The number of piperazine rings is 2. The first-order valence-corrected chi connectivity index (χ1v) is 17.1. The zero-order valence-electron chi connectivity index (χ0n) is 27.4. The number of fused-ring (bicyclic) bond motifs is 1. The molecule has 244 valence electrons. The summed E-state index contributed by atoms with van der Waals surface area (Å²) in [5.74, 6) is 2.75. The molecule has 0 spiro atoms. The van der Waals surface area contributed by atoms with Crippen LogP contribution in [0.4, 0.5) is 0 Å². The number of ether oxygens (including phenoxy) is 3. The van der Waals surface area contributed by atoms with Crippen molar-refractivity contribution in [2.75, 3.05) is 46.4 Å². The molecule has 4 fully saturated rings. The number of benzene rings is 2. The second-order valence-electron chi connectivity index (χ2n) is 13.6. The maximum atomic E-state index is 13.5. The minimum absolute atomic E-state index is 0.0220. The van der Waals surface area contributed by atoms with Gasteiger partial charge in [-0.15, -0.1) is 0 Å². The number of amides is 1. The lowest BCUT2D eigenvalue weighted by Gasteiger charge is -2.53. The first-order chi connectivity index (χ1) is 22.5. The highest BCUT2D eigenvalue weighted by Crippen LogP contribution is 2.42. The molecule has 9 nitrogen and oxygen atoms in total. The van der Waals surface area contributed by atoms with Crippen molar-refractivity contribution in [3.8, 4) is 11.8 Å². The van der Waals surface area contributed by atoms with Crippen LogP contribution in [-0.2, 0) is 16.1 Å². The third kappa shape index (κ3) is 6.64. The highest BCUT2D eigenvalue weighted by atomic mass is 16.5. The molecular formula is C37H47N5O4. The highest BCUT2D eigenvalue weighted by Gasteiger charge is 2.44. The van der Waals surface area contributed by atoms with E-state index in [1.165, 1.54) is 11.1 Å². The van der Waals surface area contributed by atoms with E-state index in [1.807, 2.05) is 13.8 Å². The van der Waals surface area contributed by atoms with E-state index in [-0.39, 0.29) is 36.1 Å². The van der Waals surface area contributed by atoms with Crippen LogP contribution in [0.1, 0.15) is 73.9 Å². The summed E-state index contributed by atoms with van der Waals surface area (Å²) in [6.45, 7) is 9.26. The molecule has 9 heteroatoms. The molecule has 3 saturated heterocycles. The Hall–Kier alpha value is -3.53. The van der Waals surface area contributed by atoms with Gasteiger partial charge in [-0.25, -0.2) is 0 Å². The van der Waals surface area contributed by atoms with E-state index in [0.717, 1.165) is 63.3 Å². The number of hydrogen-bond acceptors (Lipinski definition) is 8. The van der Waals surface area contributed by atoms with Crippen molar-refractivity contribution in [1.82, 2.24) is 24.7 Å². The predicted octanol–water partition coefficient (Wildman–Crippen LogP) is 4.86. The molecule has 7 rings (SSSR count). The zero-order valence-corrected chi connectivity index (χ0v) is 27.4. The van der Waals surface area contributed by atoms with E-state index in [4.69, 9.17) is 24.2 Å². The van der Waals surface area contributed by atoms with Crippen molar-refractivity contribution in [2.45, 2.75) is 82.2 Å². The summed E-state index contributed by atoms with van der Waals surface area (Å²) < 4.78 is 18.1. The number of hydrogen-bond donors (Lipinski definition) is 0. The largest absolute Gasteiger partial charge is 0.481 e. The van der Waals surface area contributed by atoms with Crippen LogP contribution in [0.25, 0.3) is 0 Å². The van der Waals surface area contributed by atoms with Crippen molar-refractivity contribution in [2.24, 2.45) is 0 Å². The standard InChI is InChI=1S/C37H47N5O4/c1-25(2)46-36-30(35(44-3)38-34(39-36)28-16-17-28)23-40-21-29-22-41(37(43)32-15-10-20-45-32)18-19-42(29)31(24-40)33(26-11-6-4-7-12-26)27-13-8-5-9-14-27/h4-9,11-14,25,28-29,31-33H,10,15-24H2,1-3H3/t29-,31?,32-/m1/s1. The van der Waals surface area contributed by atoms with Crippen molar-refractivity contribution in [3.63, 3.8) is 0 Å². The smallest absolute Gasteiger partial charge is 0.251 e. The van der Waals surface area contributed by atoms with Crippen LogP contribution in [0.15, 0.2) is 60.7 Å². The fraction of sp³-hybridized carbons (Fsp3) is 0.541. The minimum atomic E-state index is -0.300. The Morgan fingerprint density at radius 1 is 0.913 bits per heavy atom. The average Bonchev–Trinajstić information content (AvgIpc) is 3.79. The summed E-state index contributed by atoms with van der Waals surface area (Å²) in [6, 6.07) is 22.1. The van der Waals surface area contributed by atoms with E-state index < -0.39 is 0 Å². The van der Waals surface area contributed by atoms with Gasteiger partial charge in [0.2, 0.25) is 11.8 Å². The number of nitrogens with zero attached hydrogens (tertiary/aromatic N) is 5. The van der Waals surface area contributed by atoms with Gasteiger partial charge in [-0.05, 0) is 50.7 Å². The summed E-state index contributed by atoms with van der Waals surface area (Å²) in [5, 5.41) is 0. The van der Waals surface area contributed by atoms with E-state index in [1.54, 1.807) is 7.11 Å². The molecule has 4 aliphatic rings. The SMILES string of the molecule is COc1nc(C2CC2)nc(OC(C)C)c1CN1CC(C(c2ccccc2)c2ccccc2)N2CCN(C(=O)[C@H]3CCCO3)C[C@H]2C1. The molecule has 1 saturated carbocycles. The van der Waals surface area contributed by atoms with Gasteiger partial charge in [0.05, 0.1) is 18.8 Å². The average molecular weight is 626 g/mol. The topological polar surface area (TPSA) is 80.3 Å². The molecule has 1 unspecified atom stereocenters. The van der Waals surface area contributed by atoms with Crippen LogP contribution < -0.4 is 9.47 Å². The molecule has 3 aromatic rings. The first-order valence-electron chi connectivity index (χ1n) is 17.1. The van der Waals surface area contributed by atoms with Crippen LogP contribution in [0.2, 0.25) is 0 Å². The Bertz CT molecular complexity index is 1440. The third-order valence-corrected chi connectivity index (χ3v) is 9.90. The number of carbonyl (C=O) groups is 1. The zero-order chi connectivity index (χ0) is 31.6. The van der Waals surface area contributed by atoms with Crippen molar-refractivity contribution >= 4 is 5.91 Å². The molecule has 0 bridgehead atoms. The summed E-state index contributed by atoms with van der Waals surface area (Å²) in [6.07, 6.45) is 3.66. The second-order valence-corrected chi connectivity index (χ2v) is 13.6. The number of carbonyl (C=O) groups excluding carboxylic acids is 1. The molecule has 3 atom stereocenters. The summed E-state index contributed by atoms with van der Waals surface area (Å²) in [4.78, 5) is 30.6. The number of aromatic nitrogens is 2. The lowest BCUT2D eigenvalue weighted by Crippen LogP contribution is -2.67. The molecule has 1 aromatic heterocycles. The number of rotatable bonds is 10. The second kappa shape index (κ2) is 13.7.